The number of carbonyl (C=O) groups is 2. The van der Waals surface area contributed by atoms with E-state index in [0.717, 1.165) is 0 Å². The molecule has 0 aliphatic carbocycles. The van der Waals surface area contributed by atoms with Crippen LogP contribution in [0.5, 0.6) is 0 Å². The Hall–Kier alpha value is -2.19. The molecule has 1 heterocycles. The van der Waals surface area contributed by atoms with Crippen molar-refractivity contribution in [1.29, 1.82) is 0 Å². The predicted octanol–water partition coefficient (Wildman–Crippen LogP) is -1.95. The smallest absolute Gasteiger partial charge is 0.331 e. The molecule has 0 saturated carbocycles. The lowest BCUT2D eigenvalue weighted by molar-refractivity contribution is -0.610. The van der Waals surface area contributed by atoms with Gasteiger partial charge in [-0.15, -0.1) is 0 Å². The fourth-order valence-corrected chi connectivity index (χ4v) is 1.19. The van der Waals surface area contributed by atoms with Crippen LogP contribution in [0.4, 0.5) is 0 Å². The molecule has 0 aromatic carbocycles. The van der Waals surface area contributed by atoms with Gasteiger partial charge in [0.2, 0.25) is 0 Å². The first-order valence-electron chi connectivity index (χ1n) is 4.78. The highest BCUT2D eigenvalue weighted by Gasteiger charge is 2.22. The van der Waals surface area contributed by atoms with E-state index in [1.54, 1.807) is 0 Å². The summed E-state index contributed by atoms with van der Waals surface area (Å²) in [6.45, 7) is 0. The van der Waals surface area contributed by atoms with E-state index in [1.165, 1.54) is 32.3 Å². The van der Waals surface area contributed by atoms with Gasteiger partial charge >= 0.3 is 11.8 Å². The van der Waals surface area contributed by atoms with E-state index in [9.17, 15) is 14.8 Å². The fraction of sp³-hybridized carbons (Fsp3) is 0.222. The van der Waals surface area contributed by atoms with Crippen LogP contribution in [0.3, 0.4) is 0 Å². The average Bonchev–Trinajstić information content (AvgIpc) is 2.29. The van der Waals surface area contributed by atoms with E-state index in [-0.39, 0.29) is 16.1 Å². The number of hydrazine groups is 2. The number of rotatable bonds is 4. The number of pyridine rings is 1. The van der Waals surface area contributed by atoms with Crippen molar-refractivity contribution in [1.82, 2.24) is 21.7 Å². The van der Waals surface area contributed by atoms with Crippen LogP contribution in [0.2, 0.25) is 0 Å². The first-order valence-corrected chi connectivity index (χ1v) is 4.78. The molecule has 8 nitrogen and oxygen atoms in total. The van der Waals surface area contributed by atoms with Crippen LogP contribution in [-0.4, -0.2) is 25.9 Å². The lowest BCUT2D eigenvalue weighted by Gasteiger charge is -2.08. The maximum atomic E-state index is 11.7. The Morgan fingerprint density at radius 2 is 1.47 bits per heavy atom. The van der Waals surface area contributed by atoms with Gasteiger partial charge in [0.25, 0.3) is 11.4 Å². The maximum absolute atomic E-state index is 11.7. The monoisotopic (exact) mass is 239 g/mol. The summed E-state index contributed by atoms with van der Waals surface area (Å²) in [5.74, 6) is -1.25. The van der Waals surface area contributed by atoms with Gasteiger partial charge < -0.3 is 5.21 Å². The van der Waals surface area contributed by atoms with E-state index in [1.807, 2.05) is 0 Å². The van der Waals surface area contributed by atoms with Crippen molar-refractivity contribution >= 4 is 11.8 Å². The number of hydrogen-bond donors (Lipinski definition) is 4. The Morgan fingerprint density at radius 1 is 1.06 bits per heavy atom. The molecule has 0 bridgehead atoms. The van der Waals surface area contributed by atoms with E-state index >= 15 is 0 Å². The molecule has 92 valence electrons. The van der Waals surface area contributed by atoms with E-state index in [2.05, 4.69) is 21.7 Å². The molecule has 0 fully saturated rings. The van der Waals surface area contributed by atoms with Crippen molar-refractivity contribution in [2.24, 2.45) is 0 Å². The number of carbonyl (C=O) groups excluding carboxylic acids is 2. The summed E-state index contributed by atoms with van der Waals surface area (Å²) in [5, 5.41) is 11.7. The molecule has 0 atom stereocenters. The number of nitrogens with one attached hydrogen (secondary N) is 4. The summed E-state index contributed by atoms with van der Waals surface area (Å²) in [6, 6.07) is 4.08. The van der Waals surface area contributed by atoms with Gasteiger partial charge in [0.05, 0.1) is 0 Å². The van der Waals surface area contributed by atoms with Crippen molar-refractivity contribution in [3.8, 4) is 0 Å². The van der Waals surface area contributed by atoms with E-state index in [4.69, 9.17) is 0 Å². The molecule has 8 heteroatoms. The van der Waals surface area contributed by atoms with Gasteiger partial charge in [-0.2, -0.15) is 4.73 Å². The third-order valence-corrected chi connectivity index (χ3v) is 1.89. The van der Waals surface area contributed by atoms with Crippen LogP contribution in [0.25, 0.3) is 0 Å². The zero-order chi connectivity index (χ0) is 12.8. The molecule has 0 spiro atoms. The van der Waals surface area contributed by atoms with Crippen molar-refractivity contribution < 1.29 is 14.3 Å². The molecule has 0 radical (unpaired) electrons. The largest absolute Gasteiger partial charge is 0.618 e. The molecule has 17 heavy (non-hydrogen) atoms. The second-order valence-electron chi connectivity index (χ2n) is 3.00. The minimum Gasteiger partial charge on any atom is -0.618 e. The highest BCUT2D eigenvalue weighted by Crippen LogP contribution is 1.96. The molecule has 0 aliphatic heterocycles. The Morgan fingerprint density at radius 3 is 1.82 bits per heavy atom. The molecule has 0 unspecified atom stereocenters. The molecular weight excluding hydrogens is 226 g/mol. The van der Waals surface area contributed by atoms with Gasteiger partial charge in [0.15, 0.2) is 0 Å². The van der Waals surface area contributed by atoms with Crippen LogP contribution in [-0.2, 0) is 0 Å². The van der Waals surface area contributed by atoms with Gasteiger partial charge in [-0.3, -0.25) is 20.4 Å². The molecule has 0 aliphatic rings. The Labute approximate surface area is 97.5 Å². The second-order valence-corrected chi connectivity index (χ2v) is 3.00. The normalized spacial score (nSPS) is 9.76. The summed E-state index contributed by atoms with van der Waals surface area (Å²) in [6.07, 6.45) is 0. The van der Waals surface area contributed by atoms with Gasteiger partial charge in [-0.05, 0) is 6.07 Å². The Kier molecular flexibility index (Phi) is 4.37. The van der Waals surface area contributed by atoms with Crippen molar-refractivity contribution in [3.63, 3.8) is 0 Å². The SMILES string of the molecule is CNNC(=O)c1cccc(C(=O)NNC)[n+]1[O-]. The van der Waals surface area contributed by atoms with Crippen LogP contribution in [0.15, 0.2) is 18.2 Å². The van der Waals surface area contributed by atoms with Crippen LogP contribution in [0.1, 0.15) is 21.0 Å². The summed E-state index contributed by atoms with van der Waals surface area (Å²) in [4.78, 5) is 22.9. The van der Waals surface area contributed by atoms with E-state index in [0.29, 0.717) is 0 Å². The Balaban J connectivity index is 3.07. The molecule has 1 aromatic rings. The molecule has 2 amide bonds. The molecule has 4 N–H and O–H groups in total. The fourth-order valence-electron chi connectivity index (χ4n) is 1.19. The summed E-state index contributed by atoms with van der Waals surface area (Å²) in [7, 11) is 2.98. The summed E-state index contributed by atoms with van der Waals surface area (Å²) in [5.41, 5.74) is 8.94. The summed E-state index contributed by atoms with van der Waals surface area (Å²) < 4.78 is 0.263. The first-order chi connectivity index (χ1) is 8.11. The molecular formula is C9H13N5O3. The number of aromatic nitrogens is 1. The summed E-state index contributed by atoms with van der Waals surface area (Å²) >= 11 is 0. The standard InChI is InChI=1S/C9H13N5O3/c1-10-12-8(15)6-4-3-5-7(14(6)17)9(16)13-11-2/h3-5,10-11H,1-2H3,(H,12,15)(H,13,16). The van der Waals surface area contributed by atoms with Crippen LogP contribution >= 0.6 is 0 Å². The minimum absolute atomic E-state index is 0.178. The highest BCUT2D eigenvalue weighted by atomic mass is 16.5. The third kappa shape index (κ3) is 2.89. The van der Waals surface area contributed by atoms with E-state index < -0.39 is 11.8 Å². The Bertz CT molecular complexity index is 398. The van der Waals surface area contributed by atoms with Crippen LogP contribution in [0, 0.1) is 5.21 Å². The van der Waals surface area contributed by atoms with Crippen molar-refractivity contribution in [2.75, 3.05) is 14.1 Å². The predicted molar refractivity (Wildman–Crippen MR) is 58.5 cm³/mol. The van der Waals surface area contributed by atoms with Gasteiger partial charge in [0, 0.05) is 26.2 Å². The number of nitrogens with zero attached hydrogens (tertiary/aromatic N) is 1. The number of hydrogen-bond acceptors (Lipinski definition) is 5. The number of amides is 2. The highest BCUT2D eigenvalue weighted by molar-refractivity contribution is 5.93. The van der Waals surface area contributed by atoms with Crippen molar-refractivity contribution in [3.05, 3.63) is 34.8 Å². The lowest BCUT2D eigenvalue weighted by atomic mass is 10.3. The molecule has 1 rings (SSSR count). The topological polar surface area (TPSA) is 109 Å². The zero-order valence-corrected chi connectivity index (χ0v) is 9.40. The van der Waals surface area contributed by atoms with Crippen molar-refractivity contribution in [2.45, 2.75) is 0 Å². The second kappa shape index (κ2) is 5.77. The van der Waals surface area contributed by atoms with Gasteiger partial charge in [-0.1, -0.05) is 0 Å². The van der Waals surface area contributed by atoms with Crippen LogP contribution < -0.4 is 26.4 Å². The quantitative estimate of drug-likeness (QED) is 0.277. The van der Waals surface area contributed by atoms with Gasteiger partial charge in [-0.25, -0.2) is 10.9 Å². The van der Waals surface area contributed by atoms with Gasteiger partial charge in [0.1, 0.15) is 0 Å². The lowest BCUT2D eigenvalue weighted by Crippen LogP contribution is -2.49. The third-order valence-electron chi connectivity index (χ3n) is 1.89. The maximum Gasteiger partial charge on any atom is 0.331 e. The minimum atomic E-state index is -0.624. The first kappa shape index (κ1) is 12.9. The average molecular weight is 239 g/mol. The molecule has 1 aromatic heterocycles. The molecule has 0 saturated heterocycles. The zero-order valence-electron chi connectivity index (χ0n) is 9.40.